The van der Waals surface area contributed by atoms with Gasteiger partial charge in [-0.15, -0.1) is 0 Å². The summed E-state index contributed by atoms with van der Waals surface area (Å²) in [6, 6.07) is 12.6. The molecular formula is C14H12N2O3S. The average Bonchev–Trinajstić information content (AvgIpc) is 2.77. The molecule has 1 aromatic carbocycles. The third-order valence-corrected chi connectivity index (χ3v) is 3.93. The Hall–Kier alpha value is -2.21. The molecule has 2 aromatic heterocycles. The molecule has 0 aliphatic rings. The minimum Gasteiger partial charge on any atom is -0.618 e. The number of aromatic nitrogens is 2. The molecule has 0 spiro atoms. The molecule has 0 aliphatic carbocycles. The van der Waals surface area contributed by atoms with Crippen LogP contribution in [0.25, 0.3) is 11.1 Å². The number of para-hydroxylation sites is 2. The molecule has 3 rings (SSSR count). The largest absolute Gasteiger partial charge is 0.618 e. The van der Waals surface area contributed by atoms with Crippen molar-refractivity contribution >= 4 is 22.9 Å². The van der Waals surface area contributed by atoms with Crippen molar-refractivity contribution in [1.29, 1.82) is 0 Å². The topological polar surface area (TPSA) is 62.1 Å². The van der Waals surface area contributed by atoms with Crippen LogP contribution in [-0.4, -0.2) is 10.3 Å². The van der Waals surface area contributed by atoms with Crippen molar-refractivity contribution in [3.8, 4) is 0 Å². The monoisotopic (exact) mass is 288 g/mol. The normalized spacial score (nSPS) is 11.0. The number of hydrogen-bond donors (Lipinski definition) is 0. The SMILES string of the molecule is O=c1oc2ccccc2n1CCSc1cccc[n+]1[O-]. The molecule has 2 heterocycles. The number of fused-ring (bicyclic) bond motifs is 1. The highest BCUT2D eigenvalue weighted by Gasteiger charge is 2.09. The zero-order valence-corrected chi connectivity index (χ0v) is 11.4. The minimum atomic E-state index is -0.366. The van der Waals surface area contributed by atoms with Crippen LogP contribution in [-0.2, 0) is 6.54 Å². The fourth-order valence-corrected chi connectivity index (χ4v) is 2.84. The summed E-state index contributed by atoms with van der Waals surface area (Å²) in [4.78, 5) is 11.8. The Labute approximate surface area is 119 Å². The van der Waals surface area contributed by atoms with Crippen LogP contribution in [0.4, 0.5) is 0 Å². The van der Waals surface area contributed by atoms with Crippen LogP contribution in [0.1, 0.15) is 0 Å². The van der Waals surface area contributed by atoms with E-state index in [0.29, 0.717) is 22.9 Å². The van der Waals surface area contributed by atoms with Gasteiger partial charge in [-0.25, -0.2) is 4.79 Å². The summed E-state index contributed by atoms with van der Waals surface area (Å²) in [5.41, 5.74) is 1.36. The van der Waals surface area contributed by atoms with Crippen LogP contribution >= 0.6 is 11.8 Å². The lowest BCUT2D eigenvalue weighted by molar-refractivity contribution is -0.645. The summed E-state index contributed by atoms with van der Waals surface area (Å²) in [5.74, 6) is 0.255. The van der Waals surface area contributed by atoms with Gasteiger partial charge in [0.25, 0.3) is 5.03 Å². The number of nitrogens with zero attached hydrogens (tertiary/aromatic N) is 2. The van der Waals surface area contributed by atoms with Gasteiger partial charge in [0.15, 0.2) is 11.8 Å². The number of hydrogen-bond acceptors (Lipinski definition) is 4. The van der Waals surface area contributed by atoms with Crippen molar-refractivity contribution in [3.05, 3.63) is 64.4 Å². The number of pyridine rings is 1. The standard InChI is InChI=1S/C14H12N2O3S/c17-14-15(11-5-1-2-6-12(11)19-14)9-10-20-13-7-3-4-8-16(13)18/h1-8H,9-10H2. The second kappa shape index (κ2) is 5.42. The van der Waals surface area contributed by atoms with Crippen molar-refractivity contribution in [1.82, 2.24) is 4.57 Å². The first-order chi connectivity index (χ1) is 9.75. The summed E-state index contributed by atoms with van der Waals surface area (Å²) in [6.45, 7) is 0.495. The lowest BCUT2D eigenvalue weighted by atomic mass is 10.3. The van der Waals surface area contributed by atoms with Gasteiger partial charge in [-0.2, -0.15) is 4.73 Å². The van der Waals surface area contributed by atoms with Crippen LogP contribution in [0.15, 0.2) is 62.9 Å². The zero-order chi connectivity index (χ0) is 13.9. The highest BCUT2D eigenvalue weighted by Crippen LogP contribution is 2.15. The van der Waals surface area contributed by atoms with E-state index in [4.69, 9.17) is 4.42 Å². The second-order valence-corrected chi connectivity index (χ2v) is 5.32. The minimum absolute atomic E-state index is 0.366. The molecule has 5 nitrogen and oxygen atoms in total. The van der Waals surface area contributed by atoms with E-state index in [1.807, 2.05) is 24.3 Å². The van der Waals surface area contributed by atoms with Crippen LogP contribution in [0, 0.1) is 5.21 Å². The molecule has 3 aromatic rings. The van der Waals surface area contributed by atoms with E-state index < -0.39 is 0 Å². The van der Waals surface area contributed by atoms with Gasteiger partial charge in [0, 0.05) is 24.4 Å². The molecular weight excluding hydrogens is 276 g/mol. The summed E-state index contributed by atoms with van der Waals surface area (Å²) in [6.07, 6.45) is 1.46. The van der Waals surface area contributed by atoms with Gasteiger partial charge in [0.1, 0.15) is 0 Å². The Morgan fingerprint density at radius 1 is 1.20 bits per heavy atom. The van der Waals surface area contributed by atoms with E-state index in [9.17, 15) is 10.0 Å². The Bertz CT molecular complexity index is 794. The number of oxazole rings is 1. The first-order valence-corrected chi connectivity index (χ1v) is 7.13. The van der Waals surface area contributed by atoms with Gasteiger partial charge < -0.3 is 9.62 Å². The summed E-state index contributed by atoms with van der Waals surface area (Å²) < 4.78 is 7.56. The maximum absolute atomic E-state index is 11.8. The average molecular weight is 288 g/mol. The van der Waals surface area contributed by atoms with Crippen molar-refractivity contribution in [2.24, 2.45) is 0 Å². The van der Waals surface area contributed by atoms with E-state index in [1.54, 1.807) is 22.8 Å². The summed E-state index contributed by atoms with van der Waals surface area (Å²) >= 11 is 1.41. The van der Waals surface area contributed by atoms with E-state index in [-0.39, 0.29) is 5.76 Å². The van der Waals surface area contributed by atoms with E-state index >= 15 is 0 Å². The molecule has 0 atom stereocenters. The molecule has 0 aliphatic heterocycles. The number of rotatable bonds is 4. The Kier molecular flexibility index (Phi) is 3.47. The van der Waals surface area contributed by atoms with Crippen molar-refractivity contribution in [2.75, 3.05) is 5.75 Å². The second-order valence-electron chi connectivity index (χ2n) is 4.20. The molecule has 0 amide bonds. The highest BCUT2D eigenvalue weighted by atomic mass is 32.2. The Morgan fingerprint density at radius 3 is 2.85 bits per heavy atom. The highest BCUT2D eigenvalue weighted by molar-refractivity contribution is 7.99. The fourth-order valence-electron chi connectivity index (χ4n) is 1.99. The summed E-state index contributed by atoms with van der Waals surface area (Å²) in [5, 5.41) is 12.1. The Balaban J connectivity index is 1.76. The van der Waals surface area contributed by atoms with E-state index in [1.165, 1.54) is 18.0 Å². The quantitative estimate of drug-likeness (QED) is 0.418. The third kappa shape index (κ3) is 2.42. The first-order valence-electron chi connectivity index (χ1n) is 6.15. The lowest BCUT2D eigenvalue weighted by Crippen LogP contribution is -2.28. The van der Waals surface area contributed by atoms with Crippen LogP contribution < -0.4 is 10.5 Å². The van der Waals surface area contributed by atoms with Gasteiger partial charge in [-0.05, 0) is 18.2 Å². The van der Waals surface area contributed by atoms with E-state index in [2.05, 4.69) is 0 Å². The van der Waals surface area contributed by atoms with Crippen molar-refractivity contribution < 1.29 is 9.15 Å². The molecule has 102 valence electrons. The molecule has 0 radical (unpaired) electrons. The fraction of sp³-hybridized carbons (Fsp3) is 0.143. The van der Waals surface area contributed by atoms with Gasteiger partial charge in [0.2, 0.25) is 0 Å². The van der Waals surface area contributed by atoms with Crippen molar-refractivity contribution in [3.63, 3.8) is 0 Å². The van der Waals surface area contributed by atoms with Gasteiger partial charge in [-0.3, -0.25) is 4.57 Å². The molecule has 6 heteroatoms. The van der Waals surface area contributed by atoms with Gasteiger partial charge in [-0.1, -0.05) is 23.9 Å². The molecule has 0 saturated carbocycles. The van der Waals surface area contributed by atoms with E-state index in [0.717, 1.165) is 10.2 Å². The summed E-state index contributed by atoms with van der Waals surface area (Å²) in [7, 11) is 0. The smallest absolute Gasteiger partial charge is 0.419 e. The maximum Gasteiger partial charge on any atom is 0.419 e. The van der Waals surface area contributed by atoms with Gasteiger partial charge in [0.05, 0.1) is 5.52 Å². The van der Waals surface area contributed by atoms with Crippen LogP contribution in [0.2, 0.25) is 0 Å². The molecule has 0 saturated heterocycles. The predicted molar refractivity (Wildman–Crippen MR) is 76.6 cm³/mol. The number of benzene rings is 1. The first kappa shape index (κ1) is 12.8. The number of thioether (sulfide) groups is 1. The molecule has 0 N–H and O–H groups in total. The molecule has 0 unspecified atom stereocenters. The van der Waals surface area contributed by atoms with Crippen LogP contribution in [0.3, 0.4) is 0 Å². The third-order valence-electron chi connectivity index (χ3n) is 2.93. The molecule has 20 heavy (non-hydrogen) atoms. The van der Waals surface area contributed by atoms with Crippen LogP contribution in [0.5, 0.6) is 0 Å². The predicted octanol–water partition coefficient (Wildman–Crippen LogP) is 2.02. The van der Waals surface area contributed by atoms with Gasteiger partial charge >= 0.3 is 5.76 Å². The number of aryl methyl sites for hydroxylation is 1. The molecule has 0 bridgehead atoms. The maximum atomic E-state index is 11.8. The zero-order valence-electron chi connectivity index (χ0n) is 10.6. The molecule has 0 fully saturated rings. The van der Waals surface area contributed by atoms with Crippen molar-refractivity contribution in [2.45, 2.75) is 11.6 Å². The Morgan fingerprint density at radius 2 is 2.00 bits per heavy atom. The lowest BCUT2D eigenvalue weighted by Gasteiger charge is -2.03.